The highest BCUT2D eigenvalue weighted by molar-refractivity contribution is 6.17. The van der Waals surface area contributed by atoms with Crippen molar-refractivity contribution in [3.63, 3.8) is 0 Å². The van der Waals surface area contributed by atoms with Crippen molar-refractivity contribution in [3.05, 3.63) is 58.4 Å². The Morgan fingerprint density at radius 1 is 1.29 bits per heavy atom. The summed E-state index contributed by atoms with van der Waals surface area (Å²) in [6, 6.07) is 7.89. The van der Waals surface area contributed by atoms with Gasteiger partial charge in [0, 0.05) is 36.1 Å². The molecule has 0 radical (unpaired) electrons. The number of pyridine rings is 1. The molecule has 2 aromatic rings. The van der Waals surface area contributed by atoms with E-state index < -0.39 is 4.92 Å². The summed E-state index contributed by atoms with van der Waals surface area (Å²) in [4.78, 5) is 33.5. The van der Waals surface area contributed by atoms with Gasteiger partial charge in [-0.1, -0.05) is 6.07 Å². The Bertz CT molecular complexity index is 831. The van der Waals surface area contributed by atoms with E-state index in [1.807, 2.05) is 19.9 Å². The summed E-state index contributed by atoms with van der Waals surface area (Å²) < 4.78 is 0. The fourth-order valence-corrected chi connectivity index (χ4v) is 2.73. The molecule has 0 fully saturated rings. The first-order valence-corrected chi connectivity index (χ1v) is 7.56. The third kappa shape index (κ3) is 2.88. The summed E-state index contributed by atoms with van der Waals surface area (Å²) in [5, 5.41) is 11.1. The number of anilines is 1. The van der Waals surface area contributed by atoms with Gasteiger partial charge in [-0.15, -0.1) is 0 Å². The van der Waals surface area contributed by atoms with Gasteiger partial charge in [-0.2, -0.15) is 0 Å². The second-order valence-corrected chi connectivity index (χ2v) is 5.76. The first kappa shape index (κ1) is 15.8. The lowest BCUT2D eigenvalue weighted by molar-refractivity contribution is -0.384. The fourth-order valence-electron chi connectivity index (χ4n) is 2.73. The number of nitro benzene ring substituents is 1. The smallest absolute Gasteiger partial charge is 0.271 e. The molecule has 1 amide bonds. The molecular weight excluding hydrogens is 308 g/mol. The molecule has 1 aromatic carbocycles. The van der Waals surface area contributed by atoms with E-state index in [1.54, 1.807) is 29.4 Å². The van der Waals surface area contributed by atoms with E-state index in [0.29, 0.717) is 17.1 Å². The lowest BCUT2D eigenvalue weighted by Gasteiger charge is -2.26. The van der Waals surface area contributed by atoms with E-state index in [0.717, 1.165) is 5.56 Å². The molecule has 7 nitrogen and oxygen atoms in total. The zero-order valence-electron chi connectivity index (χ0n) is 13.3. The molecule has 7 heteroatoms. The number of carbonyl (C=O) groups excluding carboxylic acids is 1. The molecular formula is C17H16N4O3. The molecule has 2 heterocycles. The van der Waals surface area contributed by atoms with Crippen molar-refractivity contribution in [2.45, 2.75) is 26.3 Å². The summed E-state index contributed by atoms with van der Waals surface area (Å²) >= 11 is 0. The van der Waals surface area contributed by atoms with Crippen LogP contribution in [0.1, 0.15) is 25.8 Å². The van der Waals surface area contributed by atoms with E-state index >= 15 is 0 Å². The number of amides is 1. The standard InChI is InChI=1S/C17H16N4O3/c1-11(2)20-16-6-5-13(21(23)24)8-15(16)19-14(9-17(20)22)12-4-3-7-18-10-12/h3-8,10-11H,9H2,1-2H3. The minimum absolute atomic E-state index is 0.0545. The van der Waals surface area contributed by atoms with Crippen molar-refractivity contribution in [2.75, 3.05) is 4.90 Å². The highest BCUT2D eigenvalue weighted by Crippen LogP contribution is 2.37. The van der Waals surface area contributed by atoms with Crippen LogP contribution < -0.4 is 4.90 Å². The summed E-state index contributed by atoms with van der Waals surface area (Å²) in [7, 11) is 0. The number of aliphatic imine (C=N–C) groups is 1. The molecule has 0 spiro atoms. The van der Waals surface area contributed by atoms with Crippen LogP contribution in [0, 0.1) is 10.1 Å². The Balaban J connectivity index is 2.19. The summed E-state index contributed by atoms with van der Waals surface area (Å²) in [6.07, 6.45) is 3.39. The van der Waals surface area contributed by atoms with Crippen LogP contribution in [0.3, 0.4) is 0 Å². The minimum Gasteiger partial charge on any atom is -0.307 e. The lowest BCUT2D eigenvalue weighted by atomic mass is 10.1. The van der Waals surface area contributed by atoms with Crippen LogP contribution in [0.25, 0.3) is 0 Å². The van der Waals surface area contributed by atoms with Crippen molar-refractivity contribution >= 4 is 28.7 Å². The maximum absolute atomic E-state index is 12.7. The molecule has 0 saturated carbocycles. The predicted molar refractivity (Wildman–Crippen MR) is 90.8 cm³/mol. The quantitative estimate of drug-likeness (QED) is 0.640. The van der Waals surface area contributed by atoms with Gasteiger partial charge in [-0.05, 0) is 26.0 Å². The number of nitro groups is 1. The molecule has 1 aliphatic heterocycles. The van der Waals surface area contributed by atoms with Crippen LogP contribution in [0.5, 0.6) is 0 Å². The average molecular weight is 324 g/mol. The number of hydrogen-bond acceptors (Lipinski definition) is 5. The SMILES string of the molecule is CC(C)N1C(=O)CC(c2cccnc2)=Nc2cc([N+](=O)[O-])ccc21. The highest BCUT2D eigenvalue weighted by Gasteiger charge is 2.28. The van der Waals surface area contributed by atoms with E-state index in [1.165, 1.54) is 12.1 Å². The van der Waals surface area contributed by atoms with Gasteiger partial charge in [-0.25, -0.2) is 4.99 Å². The van der Waals surface area contributed by atoms with Crippen LogP contribution in [0.15, 0.2) is 47.7 Å². The Labute approximate surface area is 138 Å². The van der Waals surface area contributed by atoms with Gasteiger partial charge in [0.05, 0.1) is 28.4 Å². The first-order chi connectivity index (χ1) is 11.5. The predicted octanol–water partition coefficient (Wildman–Crippen LogP) is 3.26. The second-order valence-electron chi connectivity index (χ2n) is 5.76. The van der Waals surface area contributed by atoms with Crippen molar-refractivity contribution in [1.82, 2.24) is 4.98 Å². The lowest BCUT2D eigenvalue weighted by Crippen LogP contribution is -2.37. The summed E-state index contributed by atoms with van der Waals surface area (Å²) in [6.45, 7) is 3.80. The molecule has 1 aliphatic rings. The zero-order chi connectivity index (χ0) is 17.3. The molecule has 0 saturated heterocycles. The Morgan fingerprint density at radius 2 is 2.08 bits per heavy atom. The first-order valence-electron chi connectivity index (χ1n) is 7.56. The maximum atomic E-state index is 12.7. The number of fused-ring (bicyclic) bond motifs is 1. The van der Waals surface area contributed by atoms with Crippen LogP contribution in [-0.4, -0.2) is 27.6 Å². The zero-order valence-corrected chi connectivity index (χ0v) is 13.3. The molecule has 1 aromatic heterocycles. The number of rotatable bonds is 3. The molecule has 24 heavy (non-hydrogen) atoms. The molecule has 0 N–H and O–H groups in total. The Hall–Kier alpha value is -3.09. The summed E-state index contributed by atoms with van der Waals surface area (Å²) in [5.41, 5.74) is 2.23. The largest absolute Gasteiger partial charge is 0.307 e. The van der Waals surface area contributed by atoms with E-state index in [4.69, 9.17) is 0 Å². The van der Waals surface area contributed by atoms with E-state index in [-0.39, 0.29) is 24.1 Å². The van der Waals surface area contributed by atoms with Crippen molar-refractivity contribution in [2.24, 2.45) is 4.99 Å². The average Bonchev–Trinajstić information content (AvgIpc) is 2.70. The van der Waals surface area contributed by atoms with Gasteiger partial charge < -0.3 is 4.90 Å². The molecule has 0 atom stereocenters. The Kier molecular flexibility index (Phi) is 4.07. The monoisotopic (exact) mass is 324 g/mol. The minimum atomic E-state index is -0.466. The van der Waals surface area contributed by atoms with Crippen molar-refractivity contribution < 1.29 is 9.72 Å². The number of non-ortho nitro benzene ring substituents is 1. The number of hydrogen-bond donors (Lipinski definition) is 0. The molecule has 0 bridgehead atoms. The maximum Gasteiger partial charge on any atom is 0.271 e. The third-order valence-electron chi connectivity index (χ3n) is 3.78. The van der Waals surface area contributed by atoms with E-state index in [2.05, 4.69) is 9.98 Å². The topological polar surface area (TPSA) is 88.7 Å². The molecule has 0 unspecified atom stereocenters. The van der Waals surface area contributed by atoms with Gasteiger partial charge in [0.2, 0.25) is 5.91 Å². The van der Waals surface area contributed by atoms with Crippen molar-refractivity contribution in [3.8, 4) is 0 Å². The van der Waals surface area contributed by atoms with Crippen LogP contribution in [-0.2, 0) is 4.79 Å². The summed E-state index contributed by atoms with van der Waals surface area (Å²) in [5.74, 6) is -0.0970. The highest BCUT2D eigenvalue weighted by atomic mass is 16.6. The Morgan fingerprint density at radius 3 is 2.71 bits per heavy atom. The van der Waals surface area contributed by atoms with Crippen LogP contribution in [0.2, 0.25) is 0 Å². The van der Waals surface area contributed by atoms with Gasteiger partial charge in [0.25, 0.3) is 5.69 Å². The fraction of sp³-hybridized carbons (Fsp3) is 0.235. The van der Waals surface area contributed by atoms with Crippen molar-refractivity contribution in [1.29, 1.82) is 0 Å². The third-order valence-corrected chi connectivity index (χ3v) is 3.78. The van der Waals surface area contributed by atoms with Gasteiger partial charge >= 0.3 is 0 Å². The van der Waals surface area contributed by atoms with Gasteiger partial charge in [-0.3, -0.25) is 19.9 Å². The van der Waals surface area contributed by atoms with Crippen LogP contribution in [0.4, 0.5) is 17.1 Å². The molecule has 122 valence electrons. The number of aromatic nitrogens is 1. The normalized spacial score (nSPS) is 14.2. The number of nitrogens with zero attached hydrogens (tertiary/aromatic N) is 4. The molecule has 3 rings (SSSR count). The second kappa shape index (κ2) is 6.19. The number of benzene rings is 1. The van der Waals surface area contributed by atoms with E-state index in [9.17, 15) is 14.9 Å². The van der Waals surface area contributed by atoms with Gasteiger partial charge in [0.1, 0.15) is 0 Å². The van der Waals surface area contributed by atoms with Crippen LogP contribution >= 0.6 is 0 Å². The molecule has 0 aliphatic carbocycles. The number of carbonyl (C=O) groups is 1. The van der Waals surface area contributed by atoms with Gasteiger partial charge in [0.15, 0.2) is 0 Å².